The first-order chi connectivity index (χ1) is 8.19. The summed E-state index contributed by atoms with van der Waals surface area (Å²) < 4.78 is 23.4. The van der Waals surface area contributed by atoms with Gasteiger partial charge in [0.2, 0.25) is 5.89 Å². The first kappa shape index (κ1) is 11.9. The van der Waals surface area contributed by atoms with Gasteiger partial charge < -0.3 is 9.15 Å². The third-order valence-corrected chi connectivity index (χ3v) is 2.35. The molecule has 0 N–H and O–H groups in total. The van der Waals surface area contributed by atoms with E-state index < -0.39 is 5.82 Å². The molecule has 1 heterocycles. The largest absolute Gasteiger partial charge is 0.482 e. The molecule has 2 aromatic rings. The Bertz CT molecular complexity index is 516. The summed E-state index contributed by atoms with van der Waals surface area (Å²) in [6, 6.07) is 3.91. The minimum Gasteiger partial charge on any atom is -0.482 e. The molecule has 0 aliphatic heterocycles. The van der Waals surface area contributed by atoms with Crippen LogP contribution in [0, 0.1) is 5.82 Å². The molecule has 0 saturated carbocycles. The monoisotopic (exact) mass is 256 g/mol. The number of aryl methyl sites for hydroxylation is 1. The molecule has 0 unspecified atom stereocenters. The van der Waals surface area contributed by atoms with Crippen molar-refractivity contribution < 1.29 is 13.5 Å². The van der Waals surface area contributed by atoms with Gasteiger partial charge in [-0.2, -0.15) is 0 Å². The Balaban J connectivity index is 2.02. The summed E-state index contributed by atoms with van der Waals surface area (Å²) in [6.07, 6.45) is 0.671. The topological polar surface area (TPSA) is 48.2 Å². The van der Waals surface area contributed by atoms with Gasteiger partial charge in [0.05, 0.1) is 5.02 Å². The Kier molecular flexibility index (Phi) is 3.58. The van der Waals surface area contributed by atoms with Gasteiger partial charge in [-0.1, -0.05) is 18.5 Å². The second kappa shape index (κ2) is 5.14. The molecular formula is C11H10ClFN2O2. The summed E-state index contributed by atoms with van der Waals surface area (Å²) in [6.45, 7) is 2.02. The molecular weight excluding hydrogens is 247 g/mol. The van der Waals surface area contributed by atoms with E-state index in [1.807, 2.05) is 6.92 Å². The van der Waals surface area contributed by atoms with Crippen LogP contribution in [0.4, 0.5) is 4.39 Å². The van der Waals surface area contributed by atoms with Crippen molar-refractivity contribution in [2.24, 2.45) is 0 Å². The van der Waals surface area contributed by atoms with Crippen LogP contribution < -0.4 is 4.74 Å². The molecule has 4 nitrogen and oxygen atoms in total. The zero-order valence-electron chi connectivity index (χ0n) is 9.11. The molecule has 0 bridgehead atoms. The summed E-state index contributed by atoms with van der Waals surface area (Å²) in [7, 11) is 0. The number of hydrogen-bond donors (Lipinski definition) is 0. The Morgan fingerprint density at radius 3 is 2.76 bits per heavy atom. The molecule has 2 rings (SSSR count). The van der Waals surface area contributed by atoms with E-state index in [9.17, 15) is 4.39 Å². The van der Waals surface area contributed by atoms with E-state index in [-0.39, 0.29) is 11.6 Å². The lowest BCUT2D eigenvalue weighted by molar-refractivity contribution is 0.259. The van der Waals surface area contributed by atoms with Gasteiger partial charge in [0.25, 0.3) is 5.89 Å². The van der Waals surface area contributed by atoms with E-state index in [0.29, 0.717) is 24.0 Å². The second-order valence-corrected chi connectivity index (χ2v) is 3.71. The van der Waals surface area contributed by atoms with Crippen LogP contribution in [0.15, 0.2) is 22.6 Å². The van der Waals surface area contributed by atoms with E-state index in [1.54, 1.807) is 0 Å². The normalized spacial score (nSPS) is 10.5. The van der Waals surface area contributed by atoms with Crippen LogP contribution in [0.25, 0.3) is 0 Å². The quantitative estimate of drug-likeness (QED) is 0.844. The standard InChI is InChI=1S/C11H10ClFN2O2/c1-2-10-14-15-11(17-10)6-16-9-4-3-7(13)5-8(9)12/h3-5H,2,6H2,1H3. The smallest absolute Gasteiger partial charge is 0.253 e. The molecule has 17 heavy (non-hydrogen) atoms. The zero-order chi connectivity index (χ0) is 12.3. The minimum absolute atomic E-state index is 0.109. The Labute approximate surface area is 102 Å². The van der Waals surface area contributed by atoms with Crippen molar-refractivity contribution in [3.05, 3.63) is 40.8 Å². The molecule has 0 aliphatic rings. The van der Waals surface area contributed by atoms with Crippen molar-refractivity contribution in [1.29, 1.82) is 0 Å². The average molecular weight is 257 g/mol. The van der Waals surface area contributed by atoms with E-state index in [0.717, 1.165) is 0 Å². The fraction of sp³-hybridized carbons (Fsp3) is 0.273. The number of ether oxygens (including phenoxy) is 1. The van der Waals surface area contributed by atoms with Crippen molar-refractivity contribution in [3.8, 4) is 5.75 Å². The van der Waals surface area contributed by atoms with Crippen molar-refractivity contribution in [1.82, 2.24) is 10.2 Å². The molecule has 0 spiro atoms. The van der Waals surface area contributed by atoms with Gasteiger partial charge in [-0.25, -0.2) is 4.39 Å². The highest BCUT2D eigenvalue weighted by Gasteiger charge is 2.07. The van der Waals surface area contributed by atoms with Gasteiger partial charge in [-0.05, 0) is 18.2 Å². The van der Waals surface area contributed by atoms with Crippen LogP contribution >= 0.6 is 11.6 Å². The van der Waals surface area contributed by atoms with Gasteiger partial charge in [0.15, 0.2) is 6.61 Å². The minimum atomic E-state index is -0.409. The van der Waals surface area contributed by atoms with Crippen LogP contribution in [-0.2, 0) is 13.0 Å². The second-order valence-electron chi connectivity index (χ2n) is 3.31. The SMILES string of the molecule is CCc1nnc(COc2ccc(F)cc2Cl)o1. The molecule has 0 aliphatic carbocycles. The van der Waals surface area contributed by atoms with Crippen LogP contribution in [0.5, 0.6) is 5.75 Å². The fourth-order valence-corrected chi connectivity index (χ4v) is 1.44. The molecule has 1 aromatic carbocycles. The van der Waals surface area contributed by atoms with Crippen LogP contribution in [-0.4, -0.2) is 10.2 Å². The van der Waals surface area contributed by atoms with Gasteiger partial charge in [0, 0.05) is 6.42 Å². The van der Waals surface area contributed by atoms with Crippen LogP contribution in [0.2, 0.25) is 5.02 Å². The van der Waals surface area contributed by atoms with Crippen LogP contribution in [0.3, 0.4) is 0 Å². The number of aromatic nitrogens is 2. The summed E-state index contributed by atoms with van der Waals surface area (Å²) in [5.74, 6) is 0.883. The van der Waals surface area contributed by atoms with Gasteiger partial charge >= 0.3 is 0 Å². The fourth-order valence-electron chi connectivity index (χ4n) is 1.22. The van der Waals surface area contributed by atoms with Gasteiger partial charge in [-0.3, -0.25) is 0 Å². The molecule has 0 radical (unpaired) electrons. The van der Waals surface area contributed by atoms with E-state index in [2.05, 4.69) is 10.2 Å². The number of halogens is 2. The van der Waals surface area contributed by atoms with E-state index in [1.165, 1.54) is 18.2 Å². The number of benzene rings is 1. The van der Waals surface area contributed by atoms with Gasteiger partial charge in [0.1, 0.15) is 11.6 Å². The summed E-state index contributed by atoms with van der Waals surface area (Å²) >= 11 is 5.80. The first-order valence-electron chi connectivity index (χ1n) is 5.08. The number of nitrogens with zero attached hydrogens (tertiary/aromatic N) is 2. The molecule has 0 atom stereocenters. The average Bonchev–Trinajstić information content (AvgIpc) is 2.76. The maximum Gasteiger partial charge on any atom is 0.253 e. The Hall–Kier alpha value is -1.62. The third-order valence-electron chi connectivity index (χ3n) is 2.06. The molecule has 6 heteroatoms. The first-order valence-corrected chi connectivity index (χ1v) is 5.46. The van der Waals surface area contributed by atoms with Gasteiger partial charge in [-0.15, -0.1) is 10.2 Å². The highest BCUT2D eigenvalue weighted by molar-refractivity contribution is 6.32. The predicted molar refractivity (Wildman–Crippen MR) is 59.4 cm³/mol. The Morgan fingerprint density at radius 2 is 2.12 bits per heavy atom. The molecule has 1 aromatic heterocycles. The maximum atomic E-state index is 12.8. The third kappa shape index (κ3) is 2.94. The summed E-state index contributed by atoms with van der Waals surface area (Å²) in [5, 5.41) is 7.79. The number of hydrogen-bond acceptors (Lipinski definition) is 4. The lowest BCUT2D eigenvalue weighted by Gasteiger charge is -2.04. The predicted octanol–water partition coefficient (Wildman–Crippen LogP) is 3.00. The highest BCUT2D eigenvalue weighted by Crippen LogP contribution is 2.25. The number of rotatable bonds is 4. The summed E-state index contributed by atoms with van der Waals surface area (Å²) in [5.41, 5.74) is 0. The van der Waals surface area contributed by atoms with E-state index >= 15 is 0 Å². The van der Waals surface area contributed by atoms with Crippen molar-refractivity contribution in [2.45, 2.75) is 20.0 Å². The lowest BCUT2D eigenvalue weighted by atomic mass is 10.3. The molecule has 90 valence electrons. The zero-order valence-corrected chi connectivity index (χ0v) is 9.87. The lowest BCUT2D eigenvalue weighted by Crippen LogP contribution is -1.96. The van der Waals surface area contributed by atoms with Crippen molar-refractivity contribution in [3.63, 3.8) is 0 Å². The van der Waals surface area contributed by atoms with Crippen molar-refractivity contribution in [2.75, 3.05) is 0 Å². The summed E-state index contributed by atoms with van der Waals surface area (Å²) in [4.78, 5) is 0. The molecule has 0 saturated heterocycles. The molecule has 0 fully saturated rings. The van der Waals surface area contributed by atoms with E-state index in [4.69, 9.17) is 20.8 Å². The maximum absolute atomic E-state index is 12.8. The molecule has 0 amide bonds. The van der Waals surface area contributed by atoms with Crippen LogP contribution in [0.1, 0.15) is 18.7 Å². The highest BCUT2D eigenvalue weighted by atomic mass is 35.5. The van der Waals surface area contributed by atoms with Crippen molar-refractivity contribution >= 4 is 11.6 Å². The Morgan fingerprint density at radius 1 is 1.35 bits per heavy atom.